The lowest BCUT2D eigenvalue weighted by Gasteiger charge is -2.40. The van der Waals surface area contributed by atoms with Gasteiger partial charge in [0.15, 0.2) is 24.6 Å². The van der Waals surface area contributed by atoms with Crippen LogP contribution < -0.4 is 0 Å². The molecule has 0 aromatic rings. The van der Waals surface area contributed by atoms with Crippen LogP contribution in [0.15, 0.2) is 134 Å². The predicted octanol–water partition coefficient (Wildman–Crippen LogP) is 17.3. The monoisotopic (exact) mass is 1160 g/mol. The zero-order valence-electron chi connectivity index (χ0n) is 51.6. The maximum Gasteiger partial charge on any atom is 0.335 e. The largest absolute Gasteiger partial charge is 0.479 e. The van der Waals surface area contributed by atoms with Gasteiger partial charge in [-0.3, -0.25) is 14.4 Å². The molecule has 12 heteroatoms. The topological polar surface area (TPSA) is 175 Å². The maximum absolute atomic E-state index is 13.2. The molecule has 1 rings (SSSR count). The van der Waals surface area contributed by atoms with E-state index in [4.69, 9.17) is 23.7 Å². The molecule has 1 fully saturated rings. The molecular formula is C71H112O12. The SMILES string of the molecule is CC/C=C\C/C=C\C/C=C\C/C=C\C/C=C\C/C=C\CCC(=O)OCC(COC1OC(C(=O)O)C(O)C(O)C1OC(=O)CCCC/C=C\C/C=C\C/C=C\C/C=C\CC)OC(=O)CCCCCCCCCCC/C=C\CCCCCCCC. The maximum atomic E-state index is 13.2. The van der Waals surface area contributed by atoms with Gasteiger partial charge in [-0.15, -0.1) is 0 Å². The Bertz CT molecular complexity index is 1950. The van der Waals surface area contributed by atoms with E-state index < -0.39 is 67.3 Å². The molecule has 0 amide bonds. The fourth-order valence-corrected chi connectivity index (χ4v) is 8.85. The summed E-state index contributed by atoms with van der Waals surface area (Å²) in [6.45, 7) is 5.68. The Balaban J connectivity index is 2.74. The van der Waals surface area contributed by atoms with Crippen LogP contribution in [0.2, 0.25) is 0 Å². The Labute approximate surface area is 502 Å². The number of rotatable bonds is 53. The van der Waals surface area contributed by atoms with Crippen LogP contribution in [0, 0.1) is 0 Å². The molecule has 1 heterocycles. The first-order valence-corrected chi connectivity index (χ1v) is 32.2. The third-order valence-electron chi connectivity index (χ3n) is 13.7. The number of carbonyl (C=O) groups is 4. The molecule has 0 aliphatic carbocycles. The Hall–Kier alpha value is -5.14. The molecule has 3 N–H and O–H groups in total. The summed E-state index contributed by atoms with van der Waals surface area (Å²) in [5.74, 6) is -3.30. The van der Waals surface area contributed by atoms with Crippen LogP contribution in [0.25, 0.3) is 0 Å². The molecule has 6 unspecified atom stereocenters. The molecule has 6 atom stereocenters. The third-order valence-corrected chi connectivity index (χ3v) is 13.7. The minimum atomic E-state index is -1.93. The Morgan fingerprint density at radius 2 is 0.783 bits per heavy atom. The third kappa shape index (κ3) is 46.9. The van der Waals surface area contributed by atoms with E-state index in [1.54, 1.807) is 0 Å². The fourth-order valence-electron chi connectivity index (χ4n) is 8.85. The minimum absolute atomic E-state index is 0.00580. The van der Waals surface area contributed by atoms with Crippen molar-refractivity contribution in [2.75, 3.05) is 13.2 Å². The summed E-state index contributed by atoms with van der Waals surface area (Å²) in [6, 6.07) is 0. The van der Waals surface area contributed by atoms with Gasteiger partial charge < -0.3 is 39.0 Å². The van der Waals surface area contributed by atoms with Gasteiger partial charge in [-0.1, -0.05) is 231 Å². The van der Waals surface area contributed by atoms with E-state index in [0.29, 0.717) is 25.7 Å². The van der Waals surface area contributed by atoms with Crippen molar-refractivity contribution in [3.05, 3.63) is 134 Å². The molecule has 468 valence electrons. The first kappa shape index (κ1) is 75.9. The lowest BCUT2D eigenvalue weighted by atomic mass is 9.98. The molecule has 0 aromatic heterocycles. The van der Waals surface area contributed by atoms with E-state index in [2.05, 4.69) is 142 Å². The minimum Gasteiger partial charge on any atom is -0.479 e. The fraction of sp³-hybridized carbons (Fsp3) is 0.634. The zero-order chi connectivity index (χ0) is 60.3. The lowest BCUT2D eigenvalue weighted by molar-refractivity contribution is -0.301. The molecule has 0 saturated carbocycles. The number of aliphatic hydroxyl groups excluding tert-OH is 2. The van der Waals surface area contributed by atoms with Gasteiger partial charge in [0, 0.05) is 19.3 Å². The van der Waals surface area contributed by atoms with Crippen LogP contribution in [-0.2, 0) is 42.9 Å². The number of aliphatic carboxylic acids is 1. The average Bonchev–Trinajstić information content (AvgIpc) is 3.58. The van der Waals surface area contributed by atoms with Gasteiger partial charge in [0.05, 0.1) is 6.61 Å². The second-order valence-corrected chi connectivity index (χ2v) is 21.3. The van der Waals surface area contributed by atoms with Crippen LogP contribution in [0.4, 0.5) is 0 Å². The summed E-state index contributed by atoms with van der Waals surface area (Å²) in [5, 5.41) is 31.6. The van der Waals surface area contributed by atoms with Gasteiger partial charge in [-0.2, -0.15) is 0 Å². The number of carbonyl (C=O) groups excluding carboxylic acids is 3. The molecule has 0 bridgehead atoms. The molecule has 0 radical (unpaired) electrons. The predicted molar refractivity (Wildman–Crippen MR) is 340 cm³/mol. The van der Waals surface area contributed by atoms with Crippen molar-refractivity contribution in [3.8, 4) is 0 Å². The van der Waals surface area contributed by atoms with Crippen LogP contribution in [-0.4, -0.2) is 89.2 Å². The number of aliphatic hydroxyl groups is 2. The van der Waals surface area contributed by atoms with E-state index in [1.807, 2.05) is 12.2 Å². The number of carboxylic acid groups (broad SMARTS) is 1. The van der Waals surface area contributed by atoms with Crippen molar-refractivity contribution in [3.63, 3.8) is 0 Å². The van der Waals surface area contributed by atoms with Gasteiger partial charge in [0.2, 0.25) is 0 Å². The van der Waals surface area contributed by atoms with Gasteiger partial charge in [0.1, 0.15) is 18.8 Å². The molecular weight excluding hydrogens is 1040 g/mol. The van der Waals surface area contributed by atoms with Crippen LogP contribution in [0.3, 0.4) is 0 Å². The highest BCUT2D eigenvalue weighted by atomic mass is 16.7. The Morgan fingerprint density at radius 1 is 0.410 bits per heavy atom. The standard InChI is InChI=1S/C71H112O12/c1-4-7-10-13-16-19-22-25-28-30-32-34-37-39-42-45-48-51-54-57-63(72)79-60-62(81-64(73)58-55-52-49-46-43-41-38-35-33-31-29-26-23-20-17-14-11-8-5-2)61-80-71-69(67(76)66(75)68(83-71)70(77)78)82-65(74)59-56-53-50-47-44-40-36-27-24-21-18-15-12-9-6-3/h7,9-10,12,16,18-19,21,25-29,32,34,36,39,42,44,47-48,51,62,66-69,71,75-76H,4-6,8,11,13-15,17,20,22-24,30-31,33,35,37-38,40-41,43,45-46,49-50,52-61H2,1-3H3,(H,77,78)/b10-7-,12-9-,19-16-,21-18-,28-25-,29-26-,34-32-,36-27-,42-39-,47-44-,51-48-. The number of hydrogen-bond donors (Lipinski definition) is 3. The molecule has 0 aromatic carbocycles. The summed E-state index contributed by atoms with van der Waals surface area (Å²) in [7, 11) is 0. The average molecular weight is 1160 g/mol. The highest BCUT2D eigenvalue weighted by molar-refractivity contribution is 5.74. The van der Waals surface area contributed by atoms with E-state index in [0.717, 1.165) is 103 Å². The number of hydrogen-bond acceptors (Lipinski definition) is 11. The number of ether oxygens (including phenoxy) is 5. The van der Waals surface area contributed by atoms with Crippen molar-refractivity contribution in [1.82, 2.24) is 0 Å². The Morgan fingerprint density at radius 3 is 1.24 bits per heavy atom. The van der Waals surface area contributed by atoms with Crippen molar-refractivity contribution >= 4 is 23.9 Å². The van der Waals surface area contributed by atoms with Gasteiger partial charge in [-0.25, -0.2) is 4.79 Å². The normalized spacial score (nSPS) is 18.5. The Kier molecular flexibility index (Phi) is 52.4. The molecule has 0 spiro atoms. The smallest absolute Gasteiger partial charge is 0.335 e. The second kappa shape index (κ2) is 57.3. The highest BCUT2D eigenvalue weighted by Gasteiger charge is 2.50. The van der Waals surface area contributed by atoms with Gasteiger partial charge in [0.25, 0.3) is 0 Å². The molecule has 1 saturated heterocycles. The molecule has 83 heavy (non-hydrogen) atoms. The van der Waals surface area contributed by atoms with Gasteiger partial charge in [-0.05, 0) is 122 Å². The first-order valence-electron chi connectivity index (χ1n) is 32.2. The van der Waals surface area contributed by atoms with Crippen molar-refractivity contribution in [2.45, 2.75) is 276 Å². The quantitative estimate of drug-likeness (QED) is 0.0228. The lowest BCUT2D eigenvalue weighted by Crippen LogP contribution is -2.61. The van der Waals surface area contributed by atoms with E-state index >= 15 is 0 Å². The highest BCUT2D eigenvalue weighted by Crippen LogP contribution is 2.26. The summed E-state index contributed by atoms with van der Waals surface area (Å²) in [5.41, 5.74) is 0. The summed E-state index contributed by atoms with van der Waals surface area (Å²) >= 11 is 0. The van der Waals surface area contributed by atoms with Crippen LogP contribution >= 0.6 is 0 Å². The van der Waals surface area contributed by atoms with Crippen molar-refractivity contribution in [2.24, 2.45) is 0 Å². The van der Waals surface area contributed by atoms with E-state index in [1.165, 1.54) is 70.6 Å². The molecule has 1 aliphatic heterocycles. The zero-order valence-corrected chi connectivity index (χ0v) is 51.6. The van der Waals surface area contributed by atoms with E-state index in [9.17, 15) is 34.5 Å². The number of carboxylic acids is 1. The van der Waals surface area contributed by atoms with Gasteiger partial charge >= 0.3 is 23.9 Å². The number of unbranched alkanes of at least 4 members (excludes halogenated alkanes) is 17. The number of esters is 3. The summed E-state index contributed by atoms with van der Waals surface area (Å²) < 4.78 is 28.4. The van der Waals surface area contributed by atoms with Crippen molar-refractivity contribution < 1.29 is 58.2 Å². The molecule has 12 nitrogen and oxygen atoms in total. The summed E-state index contributed by atoms with van der Waals surface area (Å²) in [6.07, 6.45) is 68.6. The summed E-state index contributed by atoms with van der Waals surface area (Å²) in [4.78, 5) is 51.3. The van der Waals surface area contributed by atoms with Crippen LogP contribution in [0.1, 0.15) is 239 Å². The number of allylic oxidation sites excluding steroid dienone is 22. The second-order valence-electron chi connectivity index (χ2n) is 21.3. The van der Waals surface area contributed by atoms with E-state index in [-0.39, 0.29) is 25.9 Å². The van der Waals surface area contributed by atoms with Crippen LogP contribution in [0.5, 0.6) is 0 Å². The first-order chi connectivity index (χ1) is 40.6. The molecule has 1 aliphatic rings. The van der Waals surface area contributed by atoms with Crippen molar-refractivity contribution in [1.29, 1.82) is 0 Å².